The largest absolute Gasteiger partial charge is 0.353 e. The van der Waals surface area contributed by atoms with Crippen molar-refractivity contribution in [2.75, 3.05) is 0 Å². The lowest BCUT2D eigenvalue weighted by molar-refractivity contribution is 0.535. The van der Waals surface area contributed by atoms with Gasteiger partial charge in [0.15, 0.2) is 0 Å². The summed E-state index contributed by atoms with van der Waals surface area (Å²) < 4.78 is 5.93. The van der Waals surface area contributed by atoms with Gasteiger partial charge in [-0.05, 0) is 12.1 Å². The van der Waals surface area contributed by atoms with Crippen molar-refractivity contribution in [3.05, 3.63) is 0 Å². The molecule has 1 heterocycles. The third-order valence-corrected chi connectivity index (χ3v) is 18.0. The zero-order valence-corrected chi connectivity index (χ0v) is 17.4. The summed E-state index contributed by atoms with van der Waals surface area (Å²) in [5.74, 6) is 0. The van der Waals surface area contributed by atoms with E-state index in [4.69, 9.17) is 0 Å². The van der Waals surface area contributed by atoms with Gasteiger partial charge in [0, 0.05) is 0 Å². The molecular weight excluding hydrogens is 260 g/mol. The second-order valence-corrected chi connectivity index (χ2v) is 15.3. The molecule has 0 aromatic rings. The van der Waals surface area contributed by atoms with E-state index in [0.717, 1.165) is 12.1 Å². The molecule has 0 atom stereocenters. The highest BCUT2D eigenvalue weighted by molar-refractivity contribution is 6.56. The summed E-state index contributed by atoms with van der Waals surface area (Å²) in [4.78, 5) is 0. The van der Waals surface area contributed by atoms with Crippen molar-refractivity contribution in [1.29, 1.82) is 0 Å². The van der Waals surface area contributed by atoms with Crippen LogP contribution in [-0.4, -0.2) is 59.3 Å². The Labute approximate surface area is 111 Å². The molecule has 16 heavy (non-hydrogen) atoms. The molecule has 0 saturated carbocycles. The average molecular weight is 291 g/mol. The average Bonchev–Trinajstić information content (AvgIpc) is 2.24. The predicted molar refractivity (Wildman–Crippen MR) is 87.4 cm³/mol. The van der Waals surface area contributed by atoms with Gasteiger partial charge in [-0.3, -0.25) is 0 Å². The maximum absolute atomic E-state index is 2.97. The highest BCUT2D eigenvalue weighted by Crippen LogP contribution is 2.08. The number of hydrogen-bond donors (Lipinski definition) is 0. The lowest BCUT2D eigenvalue weighted by Crippen LogP contribution is -2.42. The third kappa shape index (κ3) is 5.41. The molecule has 0 aliphatic carbocycles. The third-order valence-electron chi connectivity index (χ3n) is 3.74. The van der Waals surface area contributed by atoms with Crippen LogP contribution in [0.5, 0.6) is 0 Å². The van der Waals surface area contributed by atoms with Crippen molar-refractivity contribution in [3.8, 4) is 0 Å². The molecule has 1 fully saturated rings. The van der Waals surface area contributed by atoms with Crippen LogP contribution in [0.3, 0.4) is 0 Å². The molecule has 1 aliphatic rings. The van der Waals surface area contributed by atoms with Gasteiger partial charge in [0.2, 0.25) is 0 Å². The molecule has 2 nitrogen and oxygen atoms in total. The molecule has 0 amide bonds. The van der Waals surface area contributed by atoms with Gasteiger partial charge in [-0.25, -0.2) is 0 Å². The van der Waals surface area contributed by atoms with Gasteiger partial charge in [0.05, 0.1) is 38.7 Å². The number of nitrogens with zero attached hydrogens (tertiary/aromatic N) is 2. The van der Waals surface area contributed by atoms with Crippen LogP contribution in [0.2, 0.25) is 24.2 Å². The van der Waals surface area contributed by atoms with Crippen molar-refractivity contribution in [3.63, 3.8) is 0 Å². The van der Waals surface area contributed by atoms with Crippen molar-refractivity contribution in [2.24, 2.45) is 0 Å². The number of hydrogen-bond acceptors (Lipinski definition) is 2. The van der Waals surface area contributed by atoms with E-state index in [2.05, 4.69) is 36.2 Å². The lowest BCUT2D eigenvalue weighted by Gasteiger charge is -2.31. The normalized spacial score (nSPS) is 28.9. The molecular formula is C10H30N2Si4. The fraction of sp³-hybridized carbons (Fsp3) is 1.00. The van der Waals surface area contributed by atoms with Gasteiger partial charge in [0.1, 0.15) is 0 Å². The van der Waals surface area contributed by atoms with Crippen molar-refractivity contribution in [1.82, 2.24) is 8.46 Å². The van der Waals surface area contributed by atoms with Crippen LogP contribution in [-0.2, 0) is 0 Å². The predicted octanol–water partition coefficient (Wildman–Crippen LogP) is -0.571. The first kappa shape index (κ1) is 14.8. The molecule has 0 aromatic heterocycles. The van der Waals surface area contributed by atoms with Gasteiger partial charge < -0.3 is 8.46 Å². The van der Waals surface area contributed by atoms with Crippen molar-refractivity contribution < 1.29 is 0 Å². The maximum atomic E-state index is 2.97. The van der Waals surface area contributed by atoms with Crippen LogP contribution in [0.1, 0.15) is 27.7 Å². The Kier molecular flexibility index (Phi) is 7.41. The highest BCUT2D eigenvalue weighted by Gasteiger charge is 2.14. The van der Waals surface area contributed by atoms with Crippen LogP contribution in [0, 0.1) is 0 Å². The summed E-state index contributed by atoms with van der Waals surface area (Å²) in [6.07, 6.45) is 0. The first-order valence-electron chi connectivity index (χ1n) is 7.09. The Bertz CT molecular complexity index is 158. The second kappa shape index (κ2) is 7.99. The minimum atomic E-state index is 0.152. The van der Waals surface area contributed by atoms with E-state index in [1.807, 2.05) is 0 Å². The molecule has 1 saturated heterocycles. The first-order chi connectivity index (χ1) is 7.61. The summed E-state index contributed by atoms with van der Waals surface area (Å²) in [5, 5.41) is 0. The molecule has 0 unspecified atom stereocenters. The second-order valence-electron chi connectivity index (χ2n) is 5.67. The van der Waals surface area contributed by atoms with Crippen LogP contribution < -0.4 is 0 Å². The topological polar surface area (TPSA) is 6.48 Å². The summed E-state index contributed by atoms with van der Waals surface area (Å²) >= 11 is 0. The van der Waals surface area contributed by atoms with Crippen LogP contribution in [0.4, 0.5) is 0 Å². The van der Waals surface area contributed by atoms with E-state index in [0.29, 0.717) is 0 Å². The molecule has 0 aromatic carbocycles. The maximum Gasteiger partial charge on any atom is 0.0870 e. The van der Waals surface area contributed by atoms with Crippen LogP contribution >= 0.6 is 0 Å². The van der Waals surface area contributed by atoms with Crippen LogP contribution in [0.15, 0.2) is 0 Å². The Morgan fingerprint density at radius 3 is 1.06 bits per heavy atom. The number of rotatable bonds is 2. The molecule has 96 valence electrons. The van der Waals surface area contributed by atoms with Gasteiger partial charge in [-0.1, -0.05) is 51.9 Å². The van der Waals surface area contributed by atoms with E-state index >= 15 is 0 Å². The Hall–Kier alpha value is 0.788. The molecule has 0 radical (unpaired) electrons. The van der Waals surface area contributed by atoms with Gasteiger partial charge in [0.25, 0.3) is 0 Å². The SMILES string of the molecule is CC(C)N1[SiH2]CC[SiH2]N(C(C)C)[SiH2]CC[SiH2]1. The highest BCUT2D eigenvalue weighted by atomic mass is 28.3. The molecule has 6 heteroatoms. The quantitative estimate of drug-likeness (QED) is 0.629. The first-order valence-corrected chi connectivity index (χ1v) is 13.6. The Morgan fingerprint density at radius 2 is 0.875 bits per heavy atom. The van der Waals surface area contributed by atoms with Crippen molar-refractivity contribution in [2.45, 2.75) is 64.0 Å². The van der Waals surface area contributed by atoms with E-state index in [9.17, 15) is 0 Å². The van der Waals surface area contributed by atoms with E-state index in [1.54, 1.807) is 24.2 Å². The minimum Gasteiger partial charge on any atom is -0.353 e. The minimum absolute atomic E-state index is 0.152. The van der Waals surface area contributed by atoms with E-state index < -0.39 is 0 Å². The van der Waals surface area contributed by atoms with Gasteiger partial charge in [-0.2, -0.15) is 0 Å². The summed E-state index contributed by atoms with van der Waals surface area (Å²) in [6, 6.07) is 8.23. The Morgan fingerprint density at radius 1 is 0.625 bits per heavy atom. The summed E-state index contributed by atoms with van der Waals surface area (Å²) in [6.45, 7) is 9.67. The van der Waals surface area contributed by atoms with Crippen molar-refractivity contribution >= 4 is 38.7 Å². The molecule has 1 rings (SSSR count). The van der Waals surface area contributed by atoms with E-state index in [-0.39, 0.29) is 38.7 Å². The molecule has 0 N–H and O–H groups in total. The molecule has 0 bridgehead atoms. The summed E-state index contributed by atoms with van der Waals surface area (Å²) in [7, 11) is 0.607. The fourth-order valence-electron chi connectivity index (χ4n) is 2.52. The monoisotopic (exact) mass is 290 g/mol. The zero-order chi connectivity index (χ0) is 12.0. The smallest absolute Gasteiger partial charge is 0.0870 e. The van der Waals surface area contributed by atoms with Gasteiger partial charge in [-0.15, -0.1) is 0 Å². The fourth-order valence-corrected chi connectivity index (χ4v) is 14.3. The van der Waals surface area contributed by atoms with Gasteiger partial charge >= 0.3 is 0 Å². The standard InChI is InChI=1S/C10H30N2Si4/c1-9(2)11-13-5-7-15-12(10(3)4)16-8-6-14-11/h9-10H,5-8,13-16H2,1-4H3. The zero-order valence-electron chi connectivity index (χ0n) is 11.7. The molecule has 1 aliphatic heterocycles. The lowest BCUT2D eigenvalue weighted by atomic mass is 10.4. The summed E-state index contributed by atoms with van der Waals surface area (Å²) in [5.41, 5.74) is 0. The van der Waals surface area contributed by atoms with Crippen LogP contribution in [0.25, 0.3) is 0 Å². The Balaban J connectivity index is 2.37. The molecule has 0 spiro atoms. The van der Waals surface area contributed by atoms with E-state index in [1.165, 1.54) is 0 Å².